The molecule has 0 spiro atoms. The molecule has 2 amide bonds. The number of hydrogen-bond donors (Lipinski definition) is 1. The summed E-state index contributed by atoms with van der Waals surface area (Å²) in [4.78, 5) is 29.9. The number of benzene rings is 4. The van der Waals surface area contributed by atoms with E-state index in [0.717, 1.165) is 38.7 Å². The van der Waals surface area contributed by atoms with Gasteiger partial charge in [-0.1, -0.05) is 79.2 Å². The number of carbonyl (C=O) groups is 2. The Morgan fingerprint density at radius 2 is 1.47 bits per heavy atom. The van der Waals surface area contributed by atoms with Crippen molar-refractivity contribution in [1.29, 1.82) is 0 Å². The lowest BCUT2D eigenvalue weighted by molar-refractivity contribution is -0.140. The van der Waals surface area contributed by atoms with Crippen LogP contribution in [0.15, 0.2) is 108 Å². The molecule has 0 aliphatic carbocycles. The number of nitrogens with one attached hydrogen (secondary N) is 1. The van der Waals surface area contributed by atoms with Crippen LogP contribution in [0.5, 0.6) is 0 Å². The Bertz CT molecular complexity index is 1690. The number of aryl methyl sites for hydroxylation is 2. The Balaban J connectivity index is 1.81. The van der Waals surface area contributed by atoms with Crippen LogP contribution in [-0.4, -0.2) is 43.8 Å². The van der Waals surface area contributed by atoms with Crippen molar-refractivity contribution in [2.24, 2.45) is 0 Å². The zero-order chi connectivity index (χ0) is 32.6. The highest BCUT2D eigenvalue weighted by Crippen LogP contribution is 2.26. The minimum absolute atomic E-state index is 0.00831. The van der Waals surface area contributed by atoms with Gasteiger partial charge in [0.15, 0.2) is 0 Å². The number of amides is 2. The van der Waals surface area contributed by atoms with Crippen LogP contribution in [0.25, 0.3) is 0 Å². The molecule has 0 bridgehead atoms. The number of halogens is 1. The third-order valence-electron chi connectivity index (χ3n) is 7.88. The van der Waals surface area contributed by atoms with Crippen molar-refractivity contribution in [3.63, 3.8) is 0 Å². The highest BCUT2D eigenvalue weighted by atomic mass is 32.2. The molecule has 45 heavy (non-hydrogen) atoms. The quantitative estimate of drug-likeness (QED) is 0.191. The third kappa shape index (κ3) is 8.57. The van der Waals surface area contributed by atoms with Gasteiger partial charge in [-0.05, 0) is 80.3 Å². The smallest absolute Gasteiger partial charge is 0.264 e. The molecule has 9 heteroatoms. The third-order valence-corrected chi connectivity index (χ3v) is 9.66. The molecule has 7 nitrogen and oxygen atoms in total. The number of sulfonamides is 1. The maximum Gasteiger partial charge on any atom is 0.264 e. The fourth-order valence-electron chi connectivity index (χ4n) is 4.94. The predicted molar refractivity (Wildman–Crippen MR) is 176 cm³/mol. The van der Waals surface area contributed by atoms with Crippen LogP contribution >= 0.6 is 0 Å². The molecule has 0 fully saturated rings. The van der Waals surface area contributed by atoms with Crippen molar-refractivity contribution in [3.05, 3.63) is 131 Å². The summed E-state index contributed by atoms with van der Waals surface area (Å²) < 4.78 is 43.0. The molecule has 0 aliphatic rings. The SMILES string of the molecule is CC[C@H](C)NC(=O)[C@H](Cc1ccccc1)N(Cc1ccccc1C)C(=O)CN(c1ccc(F)cc1)S(=O)(=O)c1ccc(C)cc1. The van der Waals surface area contributed by atoms with Crippen molar-refractivity contribution in [2.45, 2.75) is 64.1 Å². The molecular formula is C36H40FN3O4S. The number of hydrogen-bond acceptors (Lipinski definition) is 4. The van der Waals surface area contributed by atoms with Gasteiger partial charge in [0.1, 0.15) is 18.4 Å². The summed E-state index contributed by atoms with van der Waals surface area (Å²) in [6, 6.07) is 27.2. The lowest BCUT2D eigenvalue weighted by Crippen LogP contribution is -2.54. The lowest BCUT2D eigenvalue weighted by atomic mass is 10.0. The van der Waals surface area contributed by atoms with Gasteiger partial charge in [-0.3, -0.25) is 13.9 Å². The molecule has 0 aliphatic heterocycles. The second-order valence-corrected chi connectivity index (χ2v) is 13.1. The predicted octanol–water partition coefficient (Wildman–Crippen LogP) is 6.19. The van der Waals surface area contributed by atoms with Gasteiger partial charge in [-0.2, -0.15) is 0 Å². The zero-order valence-corrected chi connectivity index (χ0v) is 26.9. The summed E-state index contributed by atoms with van der Waals surface area (Å²) in [6.07, 6.45) is 0.921. The molecular weight excluding hydrogens is 589 g/mol. The first kappa shape index (κ1) is 33.4. The van der Waals surface area contributed by atoms with Crippen LogP contribution in [0.3, 0.4) is 0 Å². The first-order valence-electron chi connectivity index (χ1n) is 15.0. The Hall–Kier alpha value is -4.50. The normalized spacial score (nSPS) is 12.6. The van der Waals surface area contributed by atoms with Crippen LogP contribution in [0, 0.1) is 19.7 Å². The van der Waals surface area contributed by atoms with Gasteiger partial charge in [0.25, 0.3) is 10.0 Å². The molecule has 0 saturated carbocycles. The van der Waals surface area contributed by atoms with Crippen molar-refractivity contribution in [2.75, 3.05) is 10.8 Å². The van der Waals surface area contributed by atoms with E-state index in [2.05, 4.69) is 5.32 Å². The molecule has 2 atom stereocenters. The second kappa shape index (κ2) is 15.0. The zero-order valence-electron chi connectivity index (χ0n) is 26.1. The van der Waals surface area contributed by atoms with E-state index in [1.54, 1.807) is 12.1 Å². The minimum atomic E-state index is -4.26. The van der Waals surface area contributed by atoms with E-state index in [0.29, 0.717) is 6.42 Å². The Kier molecular flexibility index (Phi) is 11.1. The molecule has 236 valence electrons. The molecule has 0 saturated heterocycles. The van der Waals surface area contributed by atoms with Crippen LogP contribution in [-0.2, 0) is 32.6 Å². The van der Waals surface area contributed by atoms with Crippen LogP contribution in [0.1, 0.15) is 42.5 Å². The van der Waals surface area contributed by atoms with E-state index in [4.69, 9.17) is 0 Å². The molecule has 0 radical (unpaired) electrons. The summed E-state index contributed by atoms with van der Waals surface area (Å²) in [6.45, 7) is 7.11. The molecule has 4 aromatic carbocycles. The van der Waals surface area contributed by atoms with Gasteiger partial charge < -0.3 is 10.2 Å². The Morgan fingerprint density at radius 1 is 0.844 bits per heavy atom. The van der Waals surface area contributed by atoms with Gasteiger partial charge >= 0.3 is 0 Å². The van der Waals surface area contributed by atoms with E-state index < -0.39 is 34.3 Å². The van der Waals surface area contributed by atoms with E-state index in [9.17, 15) is 22.4 Å². The standard InChI is InChI=1S/C36H40FN3O4S/c1-5-28(4)38-36(42)34(23-29-12-7-6-8-13-29)39(24-30-14-10-9-11-27(30)3)35(41)25-40(32-19-17-31(37)18-20-32)45(43,44)33-21-15-26(2)16-22-33/h6-22,28,34H,5,23-25H2,1-4H3,(H,38,42)/t28-,34-/m0/s1. The first-order chi connectivity index (χ1) is 21.5. The van der Waals surface area contributed by atoms with Gasteiger partial charge in [-0.25, -0.2) is 12.8 Å². The number of anilines is 1. The van der Waals surface area contributed by atoms with Crippen LogP contribution in [0.4, 0.5) is 10.1 Å². The highest BCUT2D eigenvalue weighted by molar-refractivity contribution is 7.92. The van der Waals surface area contributed by atoms with E-state index >= 15 is 0 Å². The van der Waals surface area contributed by atoms with Crippen molar-refractivity contribution in [3.8, 4) is 0 Å². The fourth-order valence-corrected chi connectivity index (χ4v) is 6.35. The maximum absolute atomic E-state index is 14.5. The lowest BCUT2D eigenvalue weighted by Gasteiger charge is -2.34. The van der Waals surface area contributed by atoms with Crippen molar-refractivity contribution in [1.82, 2.24) is 10.2 Å². The summed E-state index contributed by atoms with van der Waals surface area (Å²) in [5, 5.41) is 3.03. The number of carbonyl (C=O) groups excluding carboxylic acids is 2. The Morgan fingerprint density at radius 3 is 2.09 bits per heavy atom. The molecule has 4 rings (SSSR count). The Labute approximate surface area is 265 Å². The summed E-state index contributed by atoms with van der Waals surface area (Å²) in [5.41, 5.74) is 3.62. The monoisotopic (exact) mass is 629 g/mol. The maximum atomic E-state index is 14.5. The molecule has 4 aromatic rings. The average Bonchev–Trinajstić information content (AvgIpc) is 3.03. The molecule has 0 heterocycles. The summed E-state index contributed by atoms with van der Waals surface area (Å²) in [7, 11) is -4.26. The van der Waals surface area contributed by atoms with Gasteiger partial charge in [-0.15, -0.1) is 0 Å². The van der Waals surface area contributed by atoms with Crippen LogP contribution in [0.2, 0.25) is 0 Å². The van der Waals surface area contributed by atoms with Gasteiger partial charge in [0.05, 0.1) is 10.6 Å². The molecule has 0 aromatic heterocycles. The van der Waals surface area contributed by atoms with Gasteiger partial charge in [0.2, 0.25) is 11.8 Å². The molecule has 1 N–H and O–H groups in total. The first-order valence-corrected chi connectivity index (χ1v) is 16.5. The fraction of sp³-hybridized carbons (Fsp3) is 0.278. The summed E-state index contributed by atoms with van der Waals surface area (Å²) >= 11 is 0. The second-order valence-electron chi connectivity index (χ2n) is 11.3. The highest BCUT2D eigenvalue weighted by Gasteiger charge is 2.35. The minimum Gasteiger partial charge on any atom is -0.352 e. The largest absolute Gasteiger partial charge is 0.352 e. The van der Waals surface area contributed by atoms with Crippen molar-refractivity contribution < 1.29 is 22.4 Å². The van der Waals surface area contributed by atoms with Crippen molar-refractivity contribution >= 4 is 27.5 Å². The topological polar surface area (TPSA) is 86.8 Å². The van der Waals surface area contributed by atoms with E-state index in [1.807, 2.05) is 82.3 Å². The number of rotatable bonds is 13. The van der Waals surface area contributed by atoms with E-state index in [1.165, 1.54) is 29.2 Å². The molecule has 0 unspecified atom stereocenters. The van der Waals surface area contributed by atoms with E-state index in [-0.39, 0.29) is 35.5 Å². The van der Waals surface area contributed by atoms with Crippen LogP contribution < -0.4 is 9.62 Å². The van der Waals surface area contributed by atoms with Gasteiger partial charge in [0, 0.05) is 19.0 Å². The average molecular weight is 630 g/mol. The summed E-state index contributed by atoms with van der Waals surface area (Å²) in [5.74, 6) is -1.44. The number of nitrogens with zero attached hydrogens (tertiary/aromatic N) is 2.